The van der Waals surface area contributed by atoms with Gasteiger partial charge in [0.05, 0.1) is 11.3 Å². The summed E-state index contributed by atoms with van der Waals surface area (Å²) in [6, 6.07) is 11.0. The fourth-order valence-corrected chi connectivity index (χ4v) is 1.78. The second-order valence-corrected chi connectivity index (χ2v) is 4.25. The molecule has 2 nitrogen and oxygen atoms in total. The number of halogens is 4. The molecule has 0 atom stereocenters. The van der Waals surface area contributed by atoms with Crippen LogP contribution in [0.1, 0.15) is 5.56 Å². The zero-order chi connectivity index (χ0) is 15.3. The minimum Gasteiger partial charge on any atom is -0.491 e. The van der Waals surface area contributed by atoms with Crippen LogP contribution in [0.3, 0.4) is 0 Å². The summed E-state index contributed by atoms with van der Waals surface area (Å²) in [6.07, 6.45) is -4.46. The predicted octanol–water partition coefficient (Wildman–Crippen LogP) is 4.34. The number of benzene rings is 2. The molecule has 0 saturated heterocycles. The van der Waals surface area contributed by atoms with Gasteiger partial charge in [0.1, 0.15) is 18.2 Å². The quantitative estimate of drug-likeness (QED) is 0.655. The van der Waals surface area contributed by atoms with Crippen LogP contribution in [0.15, 0.2) is 48.5 Å². The van der Waals surface area contributed by atoms with Gasteiger partial charge in [-0.2, -0.15) is 13.2 Å². The van der Waals surface area contributed by atoms with E-state index < -0.39 is 17.6 Å². The fraction of sp³-hybridized carbons (Fsp3) is 0.200. The summed E-state index contributed by atoms with van der Waals surface area (Å²) < 4.78 is 56.6. The third kappa shape index (κ3) is 4.11. The molecular formula is C15H13F4NO. The number of nitrogens with one attached hydrogen (secondary N) is 1. The van der Waals surface area contributed by atoms with Crippen molar-refractivity contribution in [3.63, 3.8) is 0 Å². The lowest BCUT2D eigenvalue weighted by Crippen LogP contribution is -2.15. The molecule has 0 unspecified atom stereocenters. The Morgan fingerprint density at radius 2 is 1.62 bits per heavy atom. The van der Waals surface area contributed by atoms with Crippen molar-refractivity contribution in [3.8, 4) is 5.75 Å². The minimum atomic E-state index is -4.46. The van der Waals surface area contributed by atoms with Crippen molar-refractivity contribution < 1.29 is 22.3 Å². The average molecular weight is 299 g/mol. The van der Waals surface area contributed by atoms with Crippen molar-refractivity contribution >= 4 is 5.69 Å². The molecule has 2 aromatic carbocycles. The Kier molecular flexibility index (Phi) is 4.67. The van der Waals surface area contributed by atoms with Crippen molar-refractivity contribution in [2.45, 2.75) is 6.18 Å². The first-order valence-corrected chi connectivity index (χ1v) is 6.26. The Labute approximate surface area is 119 Å². The van der Waals surface area contributed by atoms with Crippen molar-refractivity contribution in [1.82, 2.24) is 0 Å². The third-order valence-corrected chi connectivity index (χ3v) is 2.74. The Morgan fingerprint density at radius 1 is 0.952 bits per heavy atom. The number of hydrogen-bond acceptors (Lipinski definition) is 2. The molecule has 0 bridgehead atoms. The van der Waals surface area contributed by atoms with E-state index in [1.165, 1.54) is 24.3 Å². The first-order chi connectivity index (χ1) is 9.98. The summed E-state index contributed by atoms with van der Waals surface area (Å²) in [4.78, 5) is 0. The highest BCUT2D eigenvalue weighted by Gasteiger charge is 2.33. The van der Waals surface area contributed by atoms with Crippen LogP contribution in [-0.2, 0) is 6.18 Å². The van der Waals surface area contributed by atoms with E-state index in [1.54, 1.807) is 18.2 Å². The highest BCUT2D eigenvalue weighted by Crippen LogP contribution is 2.35. The maximum atomic E-state index is 13.3. The summed E-state index contributed by atoms with van der Waals surface area (Å²) in [5.41, 5.74) is -0.541. The van der Waals surface area contributed by atoms with Gasteiger partial charge in [-0.05, 0) is 24.3 Å². The van der Waals surface area contributed by atoms with Gasteiger partial charge in [0.2, 0.25) is 0 Å². The largest absolute Gasteiger partial charge is 0.491 e. The van der Waals surface area contributed by atoms with Crippen LogP contribution >= 0.6 is 0 Å². The van der Waals surface area contributed by atoms with Crippen LogP contribution in [0.5, 0.6) is 5.75 Å². The Bertz CT molecular complexity index is 598. The summed E-state index contributed by atoms with van der Waals surface area (Å²) >= 11 is 0. The molecule has 112 valence electrons. The molecule has 0 aliphatic carbocycles. The average Bonchev–Trinajstić information content (AvgIpc) is 2.45. The molecule has 0 heterocycles. The van der Waals surface area contributed by atoms with Gasteiger partial charge in [-0.3, -0.25) is 0 Å². The van der Waals surface area contributed by atoms with Crippen LogP contribution in [-0.4, -0.2) is 13.2 Å². The van der Waals surface area contributed by atoms with E-state index >= 15 is 0 Å². The Balaban J connectivity index is 1.91. The second-order valence-electron chi connectivity index (χ2n) is 4.25. The van der Waals surface area contributed by atoms with Crippen molar-refractivity contribution in [3.05, 3.63) is 59.9 Å². The fourth-order valence-electron chi connectivity index (χ4n) is 1.78. The van der Waals surface area contributed by atoms with Gasteiger partial charge >= 0.3 is 6.18 Å². The van der Waals surface area contributed by atoms with Gasteiger partial charge in [-0.25, -0.2) is 4.39 Å². The van der Waals surface area contributed by atoms with Crippen molar-refractivity contribution in [1.29, 1.82) is 0 Å². The highest BCUT2D eigenvalue weighted by molar-refractivity contribution is 5.44. The topological polar surface area (TPSA) is 21.3 Å². The van der Waals surface area contributed by atoms with Crippen molar-refractivity contribution in [2.24, 2.45) is 0 Å². The molecule has 0 aliphatic heterocycles. The number of rotatable bonds is 5. The molecule has 1 N–H and O–H groups in total. The zero-order valence-corrected chi connectivity index (χ0v) is 11.0. The Hall–Kier alpha value is -2.24. The zero-order valence-electron chi connectivity index (χ0n) is 11.0. The standard InChI is InChI=1S/C15H13F4NO/c16-12-6-2-3-7-13(12)20-9-10-21-14-8-4-1-5-11(14)15(17,18)19/h1-8,20H,9-10H2. The molecule has 0 spiro atoms. The van der Waals surface area contributed by atoms with E-state index in [2.05, 4.69) is 5.32 Å². The summed E-state index contributed by atoms with van der Waals surface area (Å²) in [7, 11) is 0. The van der Waals surface area contributed by atoms with Crippen LogP contribution in [0.25, 0.3) is 0 Å². The van der Waals surface area contributed by atoms with Gasteiger partial charge in [-0.1, -0.05) is 24.3 Å². The maximum absolute atomic E-state index is 13.3. The molecule has 2 aromatic rings. The molecule has 6 heteroatoms. The molecule has 0 radical (unpaired) electrons. The lowest BCUT2D eigenvalue weighted by atomic mass is 10.2. The molecule has 0 amide bonds. The van der Waals surface area contributed by atoms with E-state index in [9.17, 15) is 17.6 Å². The summed E-state index contributed by atoms with van der Waals surface area (Å²) in [6.45, 7) is 0.175. The number of anilines is 1. The maximum Gasteiger partial charge on any atom is 0.419 e. The molecule has 0 saturated carbocycles. The van der Waals surface area contributed by atoms with Gasteiger partial charge in [0.25, 0.3) is 0 Å². The first-order valence-electron chi connectivity index (χ1n) is 6.26. The second kappa shape index (κ2) is 6.47. The monoisotopic (exact) mass is 299 g/mol. The predicted molar refractivity (Wildman–Crippen MR) is 71.8 cm³/mol. The summed E-state index contributed by atoms with van der Waals surface area (Å²) in [5.74, 6) is -0.659. The SMILES string of the molecule is Fc1ccccc1NCCOc1ccccc1C(F)(F)F. The lowest BCUT2D eigenvalue weighted by Gasteiger charge is -2.14. The van der Waals surface area contributed by atoms with Crippen LogP contribution in [0.4, 0.5) is 23.2 Å². The molecule has 0 aliphatic rings. The van der Waals surface area contributed by atoms with E-state index in [0.717, 1.165) is 6.07 Å². The first kappa shape index (κ1) is 15.2. The number of hydrogen-bond donors (Lipinski definition) is 1. The molecule has 2 rings (SSSR count). The minimum absolute atomic E-state index is 0.0125. The van der Waals surface area contributed by atoms with Crippen LogP contribution in [0.2, 0.25) is 0 Å². The Morgan fingerprint density at radius 3 is 2.33 bits per heavy atom. The molecular weight excluding hydrogens is 286 g/mol. The number of alkyl halides is 3. The number of ether oxygens (including phenoxy) is 1. The van der Waals surface area contributed by atoms with Gasteiger partial charge < -0.3 is 10.1 Å². The third-order valence-electron chi connectivity index (χ3n) is 2.74. The normalized spacial score (nSPS) is 11.2. The van der Waals surface area contributed by atoms with Gasteiger partial charge in [-0.15, -0.1) is 0 Å². The smallest absolute Gasteiger partial charge is 0.419 e. The van der Waals surface area contributed by atoms with E-state index in [0.29, 0.717) is 0 Å². The molecule has 21 heavy (non-hydrogen) atoms. The number of para-hydroxylation sites is 2. The van der Waals surface area contributed by atoms with Crippen molar-refractivity contribution in [2.75, 3.05) is 18.5 Å². The molecule has 0 aromatic heterocycles. The van der Waals surface area contributed by atoms with Crippen LogP contribution < -0.4 is 10.1 Å². The molecule has 0 fully saturated rings. The van der Waals surface area contributed by atoms with Gasteiger partial charge in [0, 0.05) is 6.54 Å². The summed E-state index contributed by atoms with van der Waals surface area (Å²) in [5, 5.41) is 2.76. The van der Waals surface area contributed by atoms with E-state index in [1.807, 2.05) is 0 Å². The highest BCUT2D eigenvalue weighted by atomic mass is 19.4. The lowest BCUT2D eigenvalue weighted by molar-refractivity contribution is -0.138. The van der Waals surface area contributed by atoms with E-state index in [4.69, 9.17) is 4.74 Å². The van der Waals surface area contributed by atoms with Crippen LogP contribution in [0, 0.1) is 5.82 Å². The van der Waals surface area contributed by atoms with Gasteiger partial charge in [0.15, 0.2) is 0 Å². The van der Waals surface area contributed by atoms with E-state index in [-0.39, 0.29) is 24.6 Å².